The van der Waals surface area contributed by atoms with Crippen LogP contribution in [0, 0.1) is 5.95 Å². The van der Waals surface area contributed by atoms with Crippen molar-refractivity contribution in [3.8, 4) is 11.5 Å². The summed E-state index contributed by atoms with van der Waals surface area (Å²) in [4.78, 5) is 15.3. The molecule has 1 aliphatic rings. The Morgan fingerprint density at radius 2 is 2.05 bits per heavy atom. The summed E-state index contributed by atoms with van der Waals surface area (Å²) in [7, 11) is 0. The molecule has 0 spiro atoms. The highest BCUT2D eigenvalue weighted by molar-refractivity contribution is 6.04. The van der Waals surface area contributed by atoms with E-state index in [2.05, 4.69) is 10.3 Å². The van der Waals surface area contributed by atoms with Crippen molar-refractivity contribution in [2.75, 3.05) is 12.1 Å². The molecule has 1 amide bonds. The van der Waals surface area contributed by atoms with Crippen molar-refractivity contribution in [2.24, 2.45) is 0 Å². The molecule has 19 heavy (non-hydrogen) atoms. The summed E-state index contributed by atoms with van der Waals surface area (Å²) in [6.45, 7) is 0.169. The van der Waals surface area contributed by atoms with E-state index in [1.54, 1.807) is 18.2 Å². The number of carbonyl (C=O) groups excluding carboxylic acids is 1. The second-order valence-electron chi connectivity index (χ2n) is 3.89. The van der Waals surface area contributed by atoms with Crippen molar-refractivity contribution in [1.29, 1.82) is 0 Å². The van der Waals surface area contributed by atoms with Crippen LogP contribution in [0.15, 0.2) is 36.5 Å². The number of aromatic nitrogens is 1. The summed E-state index contributed by atoms with van der Waals surface area (Å²) in [5, 5.41) is 2.65. The van der Waals surface area contributed by atoms with Gasteiger partial charge in [-0.3, -0.25) is 4.79 Å². The standard InChI is InChI=1S/C13H9FN2O3/c14-12-5-8(3-4-15-12)13(17)16-9-1-2-10-11(6-9)19-7-18-10/h1-6H,7H2,(H,16,17). The molecule has 0 atom stereocenters. The molecule has 0 saturated carbocycles. The first-order valence-electron chi connectivity index (χ1n) is 5.55. The third-order valence-electron chi connectivity index (χ3n) is 2.62. The Morgan fingerprint density at radius 3 is 2.89 bits per heavy atom. The zero-order valence-corrected chi connectivity index (χ0v) is 9.72. The second-order valence-corrected chi connectivity index (χ2v) is 3.89. The lowest BCUT2D eigenvalue weighted by Crippen LogP contribution is -2.12. The average Bonchev–Trinajstić information content (AvgIpc) is 2.86. The van der Waals surface area contributed by atoms with Crippen LogP contribution in [-0.2, 0) is 0 Å². The molecule has 1 aliphatic heterocycles. The summed E-state index contributed by atoms with van der Waals surface area (Å²) in [5.41, 5.74) is 0.747. The van der Waals surface area contributed by atoms with Crippen LogP contribution >= 0.6 is 0 Å². The van der Waals surface area contributed by atoms with Crippen LogP contribution < -0.4 is 14.8 Å². The van der Waals surface area contributed by atoms with Crippen molar-refractivity contribution < 1.29 is 18.7 Å². The molecule has 2 aromatic rings. The monoisotopic (exact) mass is 260 g/mol. The van der Waals surface area contributed by atoms with Crippen molar-refractivity contribution in [2.45, 2.75) is 0 Å². The number of rotatable bonds is 2. The van der Waals surface area contributed by atoms with Crippen molar-refractivity contribution in [3.63, 3.8) is 0 Å². The van der Waals surface area contributed by atoms with E-state index in [0.29, 0.717) is 17.2 Å². The van der Waals surface area contributed by atoms with E-state index in [-0.39, 0.29) is 12.4 Å². The van der Waals surface area contributed by atoms with Gasteiger partial charge in [-0.2, -0.15) is 4.39 Å². The molecule has 0 radical (unpaired) electrons. The number of anilines is 1. The fraction of sp³-hybridized carbons (Fsp3) is 0.0769. The SMILES string of the molecule is O=C(Nc1ccc2c(c1)OCO2)c1ccnc(F)c1. The maximum Gasteiger partial charge on any atom is 0.255 e. The highest BCUT2D eigenvalue weighted by Crippen LogP contribution is 2.34. The van der Waals surface area contributed by atoms with Gasteiger partial charge in [0, 0.05) is 29.6 Å². The minimum atomic E-state index is -0.696. The molecule has 0 aliphatic carbocycles. The van der Waals surface area contributed by atoms with Crippen molar-refractivity contribution >= 4 is 11.6 Å². The Bertz CT molecular complexity index is 646. The van der Waals surface area contributed by atoms with E-state index in [9.17, 15) is 9.18 Å². The zero-order valence-electron chi connectivity index (χ0n) is 9.72. The Balaban J connectivity index is 1.80. The van der Waals surface area contributed by atoms with Crippen LogP contribution in [0.5, 0.6) is 11.5 Å². The van der Waals surface area contributed by atoms with Crippen LogP contribution in [0.4, 0.5) is 10.1 Å². The molecule has 6 heteroatoms. The van der Waals surface area contributed by atoms with E-state index in [4.69, 9.17) is 9.47 Å². The largest absolute Gasteiger partial charge is 0.454 e. The normalized spacial score (nSPS) is 12.3. The summed E-state index contributed by atoms with van der Waals surface area (Å²) < 4.78 is 23.3. The van der Waals surface area contributed by atoms with Gasteiger partial charge in [-0.05, 0) is 18.2 Å². The Hall–Kier alpha value is -2.63. The van der Waals surface area contributed by atoms with E-state index in [1.165, 1.54) is 12.3 Å². The van der Waals surface area contributed by atoms with Crippen LogP contribution in [0.2, 0.25) is 0 Å². The van der Waals surface area contributed by atoms with Gasteiger partial charge in [0.2, 0.25) is 12.7 Å². The molecule has 0 bridgehead atoms. The average molecular weight is 260 g/mol. The molecule has 3 rings (SSSR count). The first-order valence-corrected chi connectivity index (χ1v) is 5.55. The van der Waals surface area contributed by atoms with Gasteiger partial charge in [0.25, 0.3) is 5.91 Å². The minimum Gasteiger partial charge on any atom is -0.454 e. The number of amides is 1. The third kappa shape index (κ3) is 2.33. The highest BCUT2D eigenvalue weighted by atomic mass is 19.1. The minimum absolute atomic E-state index is 0.169. The van der Waals surface area contributed by atoms with E-state index < -0.39 is 11.9 Å². The predicted octanol–water partition coefficient (Wildman–Crippen LogP) is 2.20. The number of ether oxygens (including phenoxy) is 2. The Kier molecular flexibility index (Phi) is 2.75. The third-order valence-corrected chi connectivity index (χ3v) is 2.62. The first kappa shape index (κ1) is 11.5. The maximum absolute atomic E-state index is 12.9. The molecule has 96 valence electrons. The first-order chi connectivity index (χ1) is 9.22. The Morgan fingerprint density at radius 1 is 1.21 bits per heavy atom. The number of hydrogen-bond donors (Lipinski definition) is 1. The molecular formula is C13H9FN2O3. The van der Waals surface area contributed by atoms with Crippen LogP contribution in [0.3, 0.4) is 0 Å². The van der Waals surface area contributed by atoms with Gasteiger partial charge in [0.1, 0.15) is 0 Å². The molecule has 1 aromatic heterocycles. The fourth-order valence-corrected chi connectivity index (χ4v) is 1.72. The van der Waals surface area contributed by atoms with E-state index in [1.807, 2.05) is 0 Å². The zero-order chi connectivity index (χ0) is 13.2. The van der Waals surface area contributed by atoms with Gasteiger partial charge in [0.05, 0.1) is 0 Å². The molecule has 0 unspecified atom stereocenters. The molecule has 2 heterocycles. The molecule has 0 saturated heterocycles. The molecule has 1 N–H and O–H groups in total. The lowest BCUT2D eigenvalue weighted by atomic mass is 10.2. The Labute approximate surface area is 108 Å². The highest BCUT2D eigenvalue weighted by Gasteiger charge is 2.14. The van der Waals surface area contributed by atoms with Crippen LogP contribution in [0.25, 0.3) is 0 Å². The second kappa shape index (κ2) is 4.56. The number of nitrogens with one attached hydrogen (secondary N) is 1. The topological polar surface area (TPSA) is 60.5 Å². The molecule has 1 aromatic carbocycles. The number of pyridine rings is 1. The molecule has 5 nitrogen and oxygen atoms in total. The van der Waals surface area contributed by atoms with Gasteiger partial charge in [-0.15, -0.1) is 0 Å². The number of carbonyl (C=O) groups is 1. The van der Waals surface area contributed by atoms with E-state index in [0.717, 1.165) is 6.07 Å². The van der Waals surface area contributed by atoms with Gasteiger partial charge in [-0.1, -0.05) is 0 Å². The summed E-state index contributed by atoms with van der Waals surface area (Å²) >= 11 is 0. The van der Waals surface area contributed by atoms with Crippen molar-refractivity contribution in [1.82, 2.24) is 4.98 Å². The van der Waals surface area contributed by atoms with Gasteiger partial charge in [0.15, 0.2) is 11.5 Å². The van der Waals surface area contributed by atoms with Crippen molar-refractivity contribution in [3.05, 3.63) is 48.0 Å². The summed E-state index contributed by atoms with van der Waals surface area (Å²) in [6, 6.07) is 7.54. The number of fused-ring (bicyclic) bond motifs is 1. The molecular weight excluding hydrogens is 251 g/mol. The van der Waals surface area contributed by atoms with E-state index >= 15 is 0 Å². The van der Waals surface area contributed by atoms with Crippen LogP contribution in [0.1, 0.15) is 10.4 Å². The number of nitrogens with zero attached hydrogens (tertiary/aromatic N) is 1. The smallest absolute Gasteiger partial charge is 0.255 e. The lowest BCUT2D eigenvalue weighted by molar-refractivity contribution is 0.102. The summed E-state index contributed by atoms with van der Waals surface area (Å²) in [6.07, 6.45) is 1.24. The predicted molar refractivity (Wildman–Crippen MR) is 64.7 cm³/mol. The quantitative estimate of drug-likeness (QED) is 0.841. The number of halogens is 1. The lowest BCUT2D eigenvalue weighted by Gasteiger charge is -2.06. The number of benzene rings is 1. The number of hydrogen-bond acceptors (Lipinski definition) is 4. The van der Waals surface area contributed by atoms with Crippen LogP contribution in [-0.4, -0.2) is 17.7 Å². The van der Waals surface area contributed by atoms with Gasteiger partial charge >= 0.3 is 0 Å². The summed E-state index contributed by atoms with van der Waals surface area (Å²) in [5.74, 6) is 0.0881. The van der Waals surface area contributed by atoms with Gasteiger partial charge in [-0.25, -0.2) is 4.98 Å². The maximum atomic E-state index is 12.9. The molecule has 0 fully saturated rings. The fourth-order valence-electron chi connectivity index (χ4n) is 1.72. The van der Waals surface area contributed by atoms with Gasteiger partial charge < -0.3 is 14.8 Å².